The van der Waals surface area contributed by atoms with Crippen molar-refractivity contribution in [2.75, 3.05) is 7.05 Å². The van der Waals surface area contributed by atoms with E-state index in [0.29, 0.717) is 10.0 Å². The molecule has 1 unspecified atom stereocenters. The van der Waals surface area contributed by atoms with Gasteiger partial charge < -0.3 is 5.32 Å². The predicted octanol–water partition coefficient (Wildman–Crippen LogP) is 5.23. The van der Waals surface area contributed by atoms with Gasteiger partial charge in [-0.2, -0.15) is 0 Å². The molecule has 0 aliphatic heterocycles. The number of benzene rings is 2. The van der Waals surface area contributed by atoms with E-state index in [1.165, 1.54) is 22.3 Å². The van der Waals surface area contributed by atoms with Crippen LogP contribution < -0.4 is 5.32 Å². The van der Waals surface area contributed by atoms with Gasteiger partial charge in [0.25, 0.3) is 0 Å². The van der Waals surface area contributed by atoms with E-state index in [4.69, 9.17) is 23.2 Å². The summed E-state index contributed by atoms with van der Waals surface area (Å²) < 4.78 is 0. The summed E-state index contributed by atoms with van der Waals surface area (Å²) in [7, 11) is 1.93. The maximum Gasteiger partial charge on any atom is 0.0606 e. The third-order valence-corrected chi connectivity index (χ3v) is 4.43. The maximum absolute atomic E-state index is 6.35. The molecule has 0 aliphatic rings. The minimum Gasteiger partial charge on any atom is -0.309 e. The number of hydrogen-bond donors (Lipinski definition) is 1. The van der Waals surface area contributed by atoms with E-state index >= 15 is 0 Å². The first-order chi connectivity index (χ1) is 9.45. The molecule has 2 aromatic carbocycles. The lowest BCUT2D eigenvalue weighted by Crippen LogP contribution is -2.20. The molecule has 20 heavy (non-hydrogen) atoms. The summed E-state index contributed by atoms with van der Waals surface area (Å²) >= 11 is 12.7. The Hall–Kier alpha value is -1.02. The first kappa shape index (κ1) is 15.4. The normalized spacial score (nSPS) is 12.5. The smallest absolute Gasteiger partial charge is 0.0606 e. The molecule has 0 bridgehead atoms. The van der Waals surface area contributed by atoms with Crippen LogP contribution in [-0.4, -0.2) is 7.05 Å². The summed E-state index contributed by atoms with van der Waals surface area (Å²) in [6.07, 6.45) is 0. The number of rotatable bonds is 3. The Balaban J connectivity index is 2.62. The molecule has 0 fully saturated rings. The zero-order chi connectivity index (χ0) is 14.9. The van der Waals surface area contributed by atoms with Crippen molar-refractivity contribution < 1.29 is 0 Å². The third kappa shape index (κ3) is 2.85. The average Bonchev–Trinajstić information content (AvgIpc) is 2.39. The number of hydrogen-bond acceptors (Lipinski definition) is 1. The second-order valence-corrected chi connectivity index (χ2v) is 5.96. The van der Waals surface area contributed by atoms with E-state index in [0.717, 1.165) is 5.56 Å². The molecule has 0 aliphatic carbocycles. The van der Waals surface area contributed by atoms with Crippen LogP contribution in [0.15, 0.2) is 30.3 Å². The van der Waals surface area contributed by atoms with Gasteiger partial charge >= 0.3 is 0 Å². The molecule has 0 spiro atoms. The third-order valence-electron chi connectivity index (χ3n) is 3.77. The van der Waals surface area contributed by atoms with Crippen LogP contribution in [0, 0.1) is 20.8 Å². The topological polar surface area (TPSA) is 12.0 Å². The molecule has 106 valence electrons. The predicted molar refractivity (Wildman–Crippen MR) is 88.0 cm³/mol. The summed E-state index contributed by atoms with van der Waals surface area (Å²) in [6.45, 7) is 6.37. The monoisotopic (exact) mass is 307 g/mol. The molecule has 1 N–H and O–H groups in total. The summed E-state index contributed by atoms with van der Waals surface area (Å²) in [6, 6.07) is 10.0. The summed E-state index contributed by atoms with van der Waals surface area (Å²) in [5.41, 5.74) is 5.96. The molecule has 0 aromatic heterocycles. The highest BCUT2D eigenvalue weighted by Crippen LogP contribution is 2.35. The second-order valence-electron chi connectivity index (χ2n) is 5.15. The molecule has 0 radical (unpaired) electrons. The summed E-state index contributed by atoms with van der Waals surface area (Å²) in [4.78, 5) is 0. The molecule has 2 rings (SSSR count). The van der Waals surface area contributed by atoms with Gasteiger partial charge in [-0.25, -0.2) is 0 Å². The Labute approximate surface area is 130 Å². The van der Waals surface area contributed by atoms with E-state index in [2.05, 4.69) is 38.2 Å². The Morgan fingerprint density at radius 2 is 1.45 bits per heavy atom. The molecule has 2 aromatic rings. The van der Waals surface area contributed by atoms with E-state index in [1.54, 1.807) is 0 Å². The van der Waals surface area contributed by atoms with Crippen molar-refractivity contribution >= 4 is 23.2 Å². The zero-order valence-electron chi connectivity index (χ0n) is 12.2. The molecule has 3 heteroatoms. The van der Waals surface area contributed by atoms with Crippen LogP contribution in [0.3, 0.4) is 0 Å². The van der Waals surface area contributed by atoms with E-state index in [9.17, 15) is 0 Å². The standard InChI is InChI=1S/C17H19Cl2N/c1-10-8-12(3)13(9-11(10)2)17(20-4)16-14(18)6-5-7-15(16)19/h5-9,17,20H,1-4H3. The van der Waals surface area contributed by atoms with Crippen molar-refractivity contribution in [3.05, 3.63) is 68.2 Å². The molecule has 1 nitrogen and oxygen atoms in total. The van der Waals surface area contributed by atoms with Crippen molar-refractivity contribution in [2.24, 2.45) is 0 Å². The largest absolute Gasteiger partial charge is 0.309 e. The van der Waals surface area contributed by atoms with Crippen LogP contribution in [0.5, 0.6) is 0 Å². The average molecular weight is 308 g/mol. The van der Waals surface area contributed by atoms with Gasteiger partial charge in [-0.15, -0.1) is 0 Å². The van der Waals surface area contributed by atoms with Gasteiger partial charge in [0.1, 0.15) is 0 Å². The molecule has 0 saturated carbocycles. The number of aryl methyl sites for hydroxylation is 3. The highest BCUT2D eigenvalue weighted by atomic mass is 35.5. The van der Waals surface area contributed by atoms with Crippen LogP contribution in [0.4, 0.5) is 0 Å². The van der Waals surface area contributed by atoms with Crippen LogP contribution in [0.2, 0.25) is 10.0 Å². The lowest BCUT2D eigenvalue weighted by molar-refractivity contribution is 0.687. The summed E-state index contributed by atoms with van der Waals surface area (Å²) in [5, 5.41) is 4.71. The molecule has 0 heterocycles. The quantitative estimate of drug-likeness (QED) is 0.819. The van der Waals surface area contributed by atoms with Gasteiger partial charge in [0.2, 0.25) is 0 Å². The van der Waals surface area contributed by atoms with Crippen molar-refractivity contribution in [3.8, 4) is 0 Å². The van der Waals surface area contributed by atoms with Gasteiger partial charge in [-0.05, 0) is 62.2 Å². The van der Waals surface area contributed by atoms with Gasteiger partial charge in [0.05, 0.1) is 6.04 Å². The van der Waals surface area contributed by atoms with Crippen molar-refractivity contribution in [1.82, 2.24) is 5.32 Å². The maximum atomic E-state index is 6.35. The first-order valence-electron chi connectivity index (χ1n) is 6.64. The van der Waals surface area contributed by atoms with E-state index in [1.807, 2.05) is 25.2 Å². The van der Waals surface area contributed by atoms with Crippen LogP contribution >= 0.6 is 23.2 Å². The fourth-order valence-electron chi connectivity index (χ4n) is 2.54. The van der Waals surface area contributed by atoms with Crippen molar-refractivity contribution in [2.45, 2.75) is 26.8 Å². The summed E-state index contributed by atoms with van der Waals surface area (Å²) in [5.74, 6) is 0. The SMILES string of the molecule is CNC(c1cc(C)c(C)cc1C)c1c(Cl)cccc1Cl. The van der Waals surface area contributed by atoms with Crippen molar-refractivity contribution in [3.63, 3.8) is 0 Å². The highest BCUT2D eigenvalue weighted by molar-refractivity contribution is 6.36. The fraction of sp³-hybridized carbons (Fsp3) is 0.294. The molecular formula is C17H19Cl2N. The molecule has 1 atom stereocenters. The molecule has 0 saturated heterocycles. The fourth-order valence-corrected chi connectivity index (χ4v) is 3.15. The van der Waals surface area contributed by atoms with Gasteiger partial charge in [0, 0.05) is 15.6 Å². The van der Waals surface area contributed by atoms with Gasteiger partial charge in [-0.1, -0.05) is 41.4 Å². The Morgan fingerprint density at radius 1 is 0.900 bits per heavy atom. The Bertz CT molecular complexity index is 615. The minimum atomic E-state index is -0.00417. The highest BCUT2D eigenvalue weighted by Gasteiger charge is 2.20. The Morgan fingerprint density at radius 3 is 2.00 bits per heavy atom. The zero-order valence-corrected chi connectivity index (χ0v) is 13.7. The molecular weight excluding hydrogens is 289 g/mol. The lowest BCUT2D eigenvalue weighted by atomic mass is 9.91. The van der Waals surface area contributed by atoms with Gasteiger partial charge in [-0.3, -0.25) is 0 Å². The van der Waals surface area contributed by atoms with Crippen LogP contribution in [-0.2, 0) is 0 Å². The second kappa shape index (κ2) is 6.17. The van der Waals surface area contributed by atoms with E-state index in [-0.39, 0.29) is 6.04 Å². The molecule has 0 amide bonds. The van der Waals surface area contributed by atoms with E-state index < -0.39 is 0 Å². The number of halogens is 2. The van der Waals surface area contributed by atoms with Gasteiger partial charge in [0.15, 0.2) is 0 Å². The first-order valence-corrected chi connectivity index (χ1v) is 7.40. The Kier molecular flexibility index (Phi) is 4.74. The number of nitrogens with one attached hydrogen (secondary N) is 1. The van der Waals surface area contributed by atoms with Crippen molar-refractivity contribution in [1.29, 1.82) is 0 Å². The van der Waals surface area contributed by atoms with Crippen LogP contribution in [0.1, 0.15) is 33.9 Å². The van der Waals surface area contributed by atoms with Crippen LogP contribution in [0.25, 0.3) is 0 Å². The minimum absolute atomic E-state index is 0.00417. The lowest BCUT2D eigenvalue weighted by Gasteiger charge is -2.23.